The van der Waals surface area contributed by atoms with Gasteiger partial charge in [-0.25, -0.2) is 0 Å². The number of nitrogens with zero attached hydrogens (tertiary/aromatic N) is 1. The summed E-state index contributed by atoms with van der Waals surface area (Å²) in [6, 6.07) is 17.1. The van der Waals surface area contributed by atoms with Crippen molar-refractivity contribution < 1.29 is 4.58 Å². The van der Waals surface area contributed by atoms with Crippen LogP contribution in [0.3, 0.4) is 0 Å². The van der Waals surface area contributed by atoms with Crippen molar-refractivity contribution in [2.24, 2.45) is 0 Å². The molecule has 2 heterocycles. The second kappa shape index (κ2) is 7.60. The van der Waals surface area contributed by atoms with Crippen LogP contribution in [0.2, 0.25) is 0 Å². The standard InChI is InChI=1S/C31H33NS/c1-18(2)21-13-14-24-25-15-16-32(8)28(30(25)33-29(24)20(21)4)26-17-27(31(5,6)7)23-12-10-9-11-22(23)19(26)3/h9-18H,8H2,1-7H3. The molecule has 0 bridgehead atoms. The molecule has 1 aliphatic rings. The molecule has 0 atom stereocenters. The Balaban J connectivity index is 1.82. The summed E-state index contributed by atoms with van der Waals surface area (Å²) in [5.41, 5.74) is 8.22. The minimum atomic E-state index is 0.0465. The zero-order valence-electron chi connectivity index (χ0n) is 20.8. The lowest BCUT2D eigenvalue weighted by molar-refractivity contribution is -0.417. The maximum Gasteiger partial charge on any atom is 0.197 e. The molecule has 3 aromatic carbocycles. The SMILES string of the molecule is C=[N+]1C=Cc2c([s+][c-]3c(C)c(C(C)C)ccc23)[C-]1c1cc(C(C)(C)C)c2ccccc2c1C. The van der Waals surface area contributed by atoms with Crippen molar-refractivity contribution in [3.05, 3.63) is 93.0 Å². The zero-order valence-corrected chi connectivity index (χ0v) is 21.7. The van der Waals surface area contributed by atoms with Crippen molar-refractivity contribution in [2.75, 3.05) is 0 Å². The van der Waals surface area contributed by atoms with Gasteiger partial charge in [0.2, 0.25) is 0 Å². The molecule has 1 nitrogen and oxygen atoms in total. The molecule has 1 aromatic heterocycles. The lowest BCUT2D eigenvalue weighted by atomic mass is 9.79. The number of hydrogen-bond acceptors (Lipinski definition) is 0. The third-order valence-electron chi connectivity index (χ3n) is 7.11. The summed E-state index contributed by atoms with van der Waals surface area (Å²) >= 11 is 1.92. The van der Waals surface area contributed by atoms with Crippen molar-refractivity contribution in [3.63, 3.8) is 0 Å². The highest BCUT2D eigenvalue weighted by Crippen LogP contribution is 2.46. The number of hydrogen-bond donors (Lipinski definition) is 0. The van der Waals surface area contributed by atoms with Crippen LogP contribution in [0.25, 0.3) is 26.9 Å². The van der Waals surface area contributed by atoms with Crippen LogP contribution in [0.15, 0.2) is 48.7 Å². The minimum Gasteiger partial charge on any atom is -0.257 e. The van der Waals surface area contributed by atoms with Crippen LogP contribution in [0.1, 0.15) is 78.8 Å². The Bertz CT molecular complexity index is 1460. The number of aryl methyl sites for hydroxylation is 2. The van der Waals surface area contributed by atoms with Crippen LogP contribution < -0.4 is 0 Å². The van der Waals surface area contributed by atoms with E-state index in [9.17, 15) is 0 Å². The summed E-state index contributed by atoms with van der Waals surface area (Å²) in [6.45, 7) is 20.5. The maximum atomic E-state index is 4.42. The normalized spacial score (nSPS) is 14.1. The summed E-state index contributed by atoms with van der Waals surface area (Å²) in [7, 11) is 0. The molecule has 0 saturated carbocycles. The number of rotatable bonds is 2. The van der Waals surface area contributed by atoms with Crippen LogP contribution in [0, 0.1) is 19.9 Å². The number of thiophene rings is 1. The van der Waals surface area contributed by atoms with Crippen molar-refractivity contribution in [3.8, 4) is 0 Å². The monoisotopic (exact) mass is 451 g/mol. The fourth-order valence-corrected chi connectivity index (χ4v) is 6.70. The highest BCUT2D eigenvalue weighted by Gasteiger charge is 2.34. The van der Waals surface area contributed by atoms with E-state index in [4.69, 9.17) is 0 Å². The zero-order chi connectivity index (χ0) is 23.7. The van der Waals surface area contributed by atoms with Gasteiger partial charge in [-0.05, 0) is 51.8 Å². The quantitative estimate of drug-likeness (QED) is 0.163. The predicted octanol–water partition coefficient (Wildman–Crippen LogP) is 8.72. The first kappa shape index (κ1) is 22.0. The van der Waals surface area contributed by atoms with Crippen LogP contribution in [0.4, 0.5) is 0 Å². The Hall–Kier alpha value is -2.84. The van der Waals surface area contributed by atoms with Crippen LogP contribution >= 0.6 is 11.3 Å². The third kappa shape index (κ3) is 3.35. The van der Waals surface area contributed by atoms with E-state index in [1.165, 1.54) is 65.2 Å². The van der Waals surface area contributed by atoms with Crippen molar-refractivity contribution >= 4 is 45.0 Å². The van der Waals surface area contributed by atoms with Gasteiger partial charge in [0.1, 0.15) is 17.5 Å². The molecule has 0 saturated heterocycles. The maximum absolute atomic E-state index is 4.42. The molecule has 5 rings (SSSR count). The van der Waals surface area contributed by atoms with E-state index in [1.807, 2.05) is 11.3 Å². The summed E-state index contributed by atoms with van der Waals surface area (Å²) in [5, 5.41) is 4.03. The van der Waals surface area contributed by atoms with Crippen LogP contribution in [0.5, 0.6) is 0 Å². The molecular weight excluding hydrogens is 418 g/mol. The summed E-state index contributed by atoms with van der Waals surface area (Å²) in [5.74, 6) is 0.522. The van der Waals surface area contributed by atoms with Crippen LogP contribution in [-0.2, 0) is 5.41 Å². The number of benzene rings is 3. The fraction of sp³-hybridized carbons (Fsp3) is 0.290. The summed E-state index contributed by atoms with van der Waals surface area (Å²) in [4.78, 5) is 1.32. The van der Waals surface area contributed by atoms with E-state index in [0.717, 1.165) is 0 Å². The van der Waals surface area contributed by atoms with E-state index in [1.54, 1.807) is 0 Å². The first-order chi connectivity index (χ1) is 15.6. The molecule has 0 unspecified atom stereocenters. The van der Waals surface area contributed by atoms with Gasteiger partial charge in [-0.15, -0.1) is 17.7 Å². The highest BCUT2D eigenvalue weighted by molar-refractivity contribution is 7.20. The first-order valence-corrected chi connectivity index (χ1v) is 12.7. The molecule has 2 heteroatoms. The number of fused-ring (bicyclic) bond motifs is 4. The van der Waals surface area contributed by atoms with Crippen molar-refractivity contribution in [1.82, 2.24) is 0 Å². The van der Waals surface area contributed by atoms with Gasteiger partial charge in [0.25, 0.3) is 0 Å². The average molecular weight is 452 g/mol. The van der Waals surface area contributed by atoms with E-state index in [-0.39, 0.29) is 5.41 Å². The lowest BCUT2D eigenvalue weighted by Gasteiger charge is -2.28. The van der Waals surface area contributed by atoms with Gasteiger partial charge in [0.15, 0.2) is 15.6 Å². The topological polar surface area (TPSA) is 3.01 Å². The summed E-state index contributed by atoms with van der Waals surface area (Å²) < 4.78 is 3.47. The molecule has 1 aliphatic heterocycles. The first-order valence-electron chi connectivity index (χ1n) is 11.8. The predicted molar refractivity (Wildman–Crippen MR) is 146 cm³/mol. The Labute approximate surface area is 202 Å². The van der Waals surface area contributed by atoms with Gasteiger partial charge in [-0.3, -0.25) is 4.58 Å². The molecule has 33 heavy (non-hydrogen) atoms. The van der Waals surface area contributed by atoms with E-state index < -0.39 is 0 Å². The third-order valence-corrected chi connectivity index (χ3v) is 8.46. The van der Waals surface area contributed by atoms with Crippen LogP contribution in [-0.4, -0.2) is 11.3 Å². The van der Waals surface area contributed by atoms with Gasteiger partial charge in [0, 0.05) is 0 Å². The van der Waals surface area contributed by atoms with Gasteiger partial charge in [-0.1, -0.05) is 88.4 Å². The molecule has 0 amide bonds. The fourth-order valence-electron chi connectivity index (χ4n) is 5.33. The smallest absolute Gasteiger partial charge is 0.197 e. The Morgan fingerprint density at radius 2 is 1.70 bits per heavy atom. The second-order valence-corrected chi connectivity index (χ2v) is 11.7. The van der Waals surface area contributed by atoms with E-state index >= 15 is 0 Å². The second-order valence-electron chi connectivity index (χ2n) is 10.7. The molecule has 0 radical (unpaired) electrons. The summed E-state index contributed by atoms with van der Waals surface area (Å²) in [6.07, 6.45) is 4.36. The van der Waals surface area contributed by atoms with Gasteiger partial charge >= 0.3 is 0 Å². The van der Waals surface area contributed by atoms with Gasteiger partial charge < -0.3 is 0 Å². The molecule has 0 fully saturated rings. The minimum absolute atomic E-state index is 0.0465. The molecule has 0 spiro atoms. The van der Waals surface area contributed by atoms with Gasteiger partial charge in [-0.2, -0.15) is 0 Å². The van der Waals surface area contributed by atoms with E-state index in [0.29, 0.717) is 5.92 Å². The Morgan fingerprint density at radius 3 is 2.36 bits per heavy atom. The Kier molecular flexibility index (Phi) is 5.06. The molecule has 0 aliphatic carbocycles. The average Bonchev–Trinajstić information content (AvgIpc) is 3.13. The Morgan fingerprint density at radius 1 is 1.00 bits per heavy atom. The van der Waals surface area contributed by atoms with Gasteiger partial charge in [0.05, 0.1) is 6.72 Å². The van der Waals surface area contributed by atoms with Crippen molar-refractivity contribution in [2.45, 2.75) is 59.8 Å². The largest absolute Gasteiger partial charge is 0.257 e. The molecular formula is C31H33NS. The molecule has 4 aromatic rings. The lowest BCUT2D eigenvalue weighted by Crippen LogP contribution is -2.20. The molecule has 168 valence electrons. The molecule has 0 N–H and O–H groups in total. The van der Waals surface area contributed by atoms with Crippen molar-refractivity contribution in [1.29, 1.82) is 0 Å². The highest BCUT2D eigenvalue weighted by atomic mass is 32.1. The van der Waals surface area contributed by atoms with E-state index in [2.05, 4.69) is 114 Å².